The van der Waals surface area contributed by atoms with E-state index in [1.54, 1.807) is 31.3 Å². The number of aromatic nitrogens is 4. The molecule has 4 aromatic rings. The van der Waals surface area contributed by atoms with E-state index in [0.717, 1.165) is 0 Å². The first-order valence-corrected chi connectivity index (χ1v) is 11.8. The van der Waals surface area contributed by atoms with Crippen LogP contribution in [0.2, 0.25) is 0 Å². The Morgan fingerprint density at radius 3 is 2.53 bits per heavy atom. The van der Waals surface area contributed by atoms with E-state index in [9.17, 15) is 18.5 Å². The number of rotatable bonds is 5. The number of sulfonamides is 1. The zero-order valence-electron chi connectivity index (χ0n) is 18.6. The Bertz CT molecular complexity index is 1640. The monoisotopic (exact) mass is 475 g/mol. The molecule has 0 spiro atoms. The van der Waals surface area contributed by atoms with Crippen molar-refractivity contribution in [2.75, 3.05) is 10.5 Å². The van der Waals surface area contributed by atoms with Gasteiger partial charge in [-0.3, -0.25) is 14.1 Å². The number of nitrogens with one attached hydrogen (secondary N) is 1. The van der Waals surface area contributed by atoms with Gasteiger partial charge in [0, 0.05) is 34.4 Å². The van der Waals surface area contributed by atoms with E-state index in [1.165, 1.54) is 28.8 Å². The number of nitriles is 1. The van der Waals surface area contributed by atoms with E-state index in [4.69, 9.17) is 5.73 Å². The van der Waals surface area contributed by atoms with Crippen LogP contribution < -0.4 is 16.0 Å². The molecule has 1 aromatic carbocycles. The summed E-state index contributed by atoms with van der Waals surface area (Å²) in [6.45, 7) is 5.41. The van der Waals surface area contributed by atoms with Gasteiger partial charge in [0.15, 0.2) is 0 Å². The van der Waals surface area contributed by atoms with Crippen LogP contribution in [0.5, 0.6) is 0 Å². The smallest absolute Gasteiger partial charge is 0.264 e. The molecule has 172 valence electrons. The summed E-state index contributed by atoms with van der Waals surface area (Å²) in [5.41, 5.74) is 7.26. The van der Waals surface area contributed by atoms with Gasteiger partial charge < -0.3 is 5.73 Å². The number of hydrogen-bond donors (Lipinski definition) is 2. The Balaban J connectivity index is 1.79. The van der Waals surface area contributed by atoms with Gasteiger partial charge in [-0.25, -0.2) is 18.4 Å². The van der Waals surface area contributed by atoms with Gasteiger partial charge in [-0.05, 0) is 51.1 Å². The highest BCUT2D eigenvalue weighted by atomic mass is 32.2. The Labute approximate surface area is 195 Å². The van der Waals surface area contributed by atoms with Crippen LogP contribution >= 0.6 is 0 Å². The summed E-state index contributed by atoms with van der Waals surface area (Å²) in [6, 6.07) is 12.3. The second-order valence-corrected chi connectivity index (χ2v) is 9.53. The van der Waals surface area contributed by atoms with Crippen LogP contribution in [-0.2, 0) is 10.0 Å². The van der Waals surface area contributed by atoms with Crippen molar-refractivity contribution >= 4 is 32.8 Å². The van der Waals surface area contributed by atoms with Gasteiger partial charge in [0.1, 0.15) is 22.4 Å². The van der Waals surface area contributed by atoms with E-state index in [2.05, 4.69) is 19.7 Å². The Morgan fingerprint density at radius 1 is 1.12 bits per heavy atom. The van der Waals surface area contributed by atoms with Crippen LogP contribution in [0.15, 0.2) is 58.4 Å². The highest BCUT2D eigenvalue weighted by Crippen LogP contribution is 2.26. The number of anilines is 2. The fourth-order valence-corrected chi connectivity index (χ4v) is 4.85. The molecule has 3 aromatic heterocycles. The van der Waals surface area contributed by atoms with Gasteiger partial charge >= 0.3 is 0 Å². The number of hydrogen-bond acceptors (Lipinski definition) is 8. The molecule has 10 nitrogen and oxygen atoms in total. The lowest BCUT2D eigenvalue weighted by Gasteiger charge is -2.16. The topological polar surface area (TPSA) is 157 Å². The van der Waals surface area contributed by atoms with Crippen molar-refractivity contribution in [3.63, 3.8) is 0 Å². The van der Waals surface area contributed by atoms with Crippen molar-refractivity contribution in [3.8, 4) is 17.2 Å². The molecule has 0 saturated carbocycles. The van der Waals surface area contributed by atoms with Gasteiger partial charge in [-0.15, -0.1) is 0 Å². The Hall–Kier alpha value is -4.30. The van der Waals surface area contributed by atoms with Gasteiger partial charge in [0.25, 0.3) is 15.6 Å². The summed E-state index contributed by atoms with van der Waals surface area (Å²) in [5, 5.41) is 9.86. The Kier molecular flexibility index (Phi) is 5.76. The average Bonchev–Trinajstić information content (AvgIpc) is 2.78. The van der Waals surface area contributed by atoms with E-state index < -0.39 is 10.0 Å². The largest absolute Gasteiger partial charge is 0.368 e. The van der Waals surface area contributed by atoms with E-state index in [1.807, 2.05) is 19.9 Å². The lowest BCUT2D eigenvalue weighted by atomic mass is 10.0. The molecule has 0 radical (unpaired) electrons. The van der Waals surface area contributed by atoms with Crippen molar-refractivity contribution < 1.29 is 8.42 Å². The first-order chi connectivity index (χ1) is 16.1. The van der Waals surface area contributed by atoms with Crippen molar-refractivity contribution in [2.45, 2.75) is 31.7 Å². The minimum absolute atomic E-state index is 0.0246. The highest BCUT2D eigenvalue weighted by molar-refractivity contribution is 7.92. The van der Waals surface area contributed by atoms with Gasteiger partial charge in [-0.2, -0.15) is 10.2 Å². The molecule has 0 atom stereocenters. The van der Waals surface area contributed by atoms with Crippen molar-refractivity contribution in [1.82, 2.24) is 19.5 Å². The molecular formula is C23H21N7O3S. The third-order valence-corrected chi connectivity index (χ3v) is 6.63. The summed E-state index contributed by atoms with van der Waals surface area (Å²) in [5.74, 6) is 0.136. The zero-order valence-corrected chi connectivity index (χ0v) is 19.5. The predicted octanol–water partition coefficient (Wildman–Crippen LogP) is 3.00. The standard InChI is InChI=1S/C23H21N7O3S/c1-13(2)30-21-16(12-26-23(25)28-21)10-18(22(30)31)17-8-9-20(27-14(17)3)29-34(32,33)19-7-5-4-6-15(19)11-24/h4-10,12-13H,1-3H3,(H,27,29)(H2,25,26,28). The SMILES string of the molecule is Cc1nc(NS(=O)(=O)c2ccccc2C#N)ccc1-c1cc2cnc(N)nc2n(C(C)C)c1=O. The number of fused-ring (bicyclic) bond motifs is 1. The molecule has 0 unspecified atom stereocenters. The van der Waals surface area contributed by atoms with Gasteiger partial charge in [-0.1, -0.05) is 12.1 Å². The van der Waals surface area contributed by atoms with Crippen LogP contribution in [0.25, 0.3) is 22.2 Å². The molecule has 4 rings (SSSR count). The minimum atomic E-state index is -4.04. The van der Waals surface area contributed by atoms with Crippen LogP contribution in [0.3, 0.4) is 0 Å². The first kappa shape index (κ1) is 22.9. The van der Waals surface area contributed by atoms with E-state index in [-0.39, 0.29) is 33.8 Å². The molecule has 3 N–H and O–H groups in total. The average molecular weight is 476 g/mol. The maximum absolute atomic E-state index is 13.3. The number of benzene rings is 1. The van der Waals surface area contributed by atoms with Crippen molar-refractivity contribution in [1.29, 1.82) is 5.26 Å². The third kappa shape index (κ3) is 4.06. The van der Waals surface area contributed by atoms with Crippen LogP contribution in [0, 0.1) is 18.3 Å². The lowest BCUT2D eigenvalue weighted by Crippen LogP contribution is -2.25. The molecule has 0 aliphatic carbocycles. The van der Waals surface area contributed by atoms with Gasteiger partial charge in [0.05, 0.1) is 5.56 Å². The Morgan fingerprint density at radius 2 is 1.85 bits per heavy atom. The maximum Gasteiger partial charge on any atom is 0.264 e. The summed E-state index contributed by atoms with van der Waals surface area (Å²) in [7, 11) is -4.04. The number of nitrogens with zero attached hydrogens (tertiary/aromatic N) is 5. The first-order valence-electron chi connectivity index (χ1n) is 10.3. The molecular weight excluding hydrogens is 454 g/mol. The summed E-state index contributed by atoms with van der Waals surface area (Å²) in [6.07, 6.45) is 1.55. The quantitative estimate of drug-likeness (QED) is 0.446. The normalized spacial score (nSPS) is 11.5. The third-order valence-electron chi connectivity index (χ3n) is 5.22. The second kappa shape index (κ2) is 8.57. The molecule has 0 aliphatic heterocycles. The van der Waals surface area contributed by atoms with Crippen LogP contribution in [-0.4, -0.2) is 27.9 Å². The molecule has 0 amide bonds. The van der Waals surface area contributed by atoms with Crippen molar-refractivity contribution in [2.24, 2.45) is 0 Å². The number of nitrogen functional groups attached to an aromatic ring is 1. The van der Waals surface area contributed by atoms with Crippen LogP contribution in [0.4, 0.5) is 11.8 Å². The predicted molar refractivity (Wildman–Crippen MR) is 129 cm³/mol. The molecule has 11 heteroatoms. The second-order valence-electron chi connectivity index (χ2n) is 7.88. The number of nitrogens with two attached hydrogens (primary N) is 1. The van der Waals surface area contributed by atoms with E-state index >= 15 is 0 Å². The van der Waals surface area contributed by atoms with Crippen molar-refractivity contribution in [3.05, 3.63) is 70.3 Å². The summed E-state index contributed by atoms with van der Waals surface area (Å²) in [4.78, 5) is 25.8. The molecule has 0 fully saturated rings. The zero-order chi connectivity index (χ0) is 24.6. The highest BCUT2D eigenvalue weighted by Gasteiger charge is 2.21. The maximum atomic E-state index is 13.3. The fourth-order valence-electron chi connectivity index (χ4n) is 3.69. The van der Waals surface area contributed by atoms with E-state index in [0.29, 0.717) is 27.9 Å². The lowest BCUT2D eigenvalue weighted by molar-refractivity contribution is 0.596. The molecule has 0 saturated heterocycles. The van der Waals surface area contributed by atoms with Gasteiger partial charge in [0.2, 0.25) is 5.95 Å². The minimum Gasteiger partial charge on any atom is -0.368 e. The molecule has 0 aliphatic rings. The number of aryl methyl sites for hydroxylation is 1. The molecule has 0 bridgehead atoms. The molecule has 34 heavy (non-hydrogen) atoms. The summed E-state index contributed by atoms with van der Waals surface area (Å²) >= 11 is 0. The fraction of sp³-hybridized carbons (Fsp3) is 0.174. The van der Waals surface area contributed by atoms with Crippen LogP contribution in [0.1, 0.15) is 31.1 Å². The number of pyridine rings is 2. The molecule has 3 heterocycles. The summed E-state index contributed by atoms with van der Waals surface area (Å²) < 4.78 is 29.6.